The lowest BCUT2D eigenvalue weighted by Gasteiger charge is -2.35. The molecule has 0 N–H and O–H groups in total. The Labute approximate surface area is 523 Å². The Hall–Kier alpha value is -11.8. The van der Waals surface area contributed by atoms with Crippen molar-refractivity contribution in [2.24, 2.45) is 0 Å². The van der Waals surface area contributed by atoms with E-state index in [-0.39, 0.29) is 12.1 Å². The van der Waals surface area contributed by atoms with Crippen LogP contribution in [0.15, 0.2) is 267 Å². The molecule has 0 saturated heterocycles. The third kappa shape index (κ3) is 6.92. The second kappa shape index (κ2) is 18.2. The van der Waals surface area contributed by atoms with Gasteiger partial charge in [0.05, 0.1) is 61.3 Å². The number of rotatable bonds is 5. The van der Waals surface area contributed by atoms with Crippen molar-refractivity contribution in [2.45, 2.75) is 26.2 Å². The Morgan fingerprint density at radius 3 is 1.20 bits per heavy atom. The number of hydrogen-bond acceptors (Lipinski definition) is 2. The lowest BCUT2D eigenvalue weighted by molar-refractivity contribution is 0.483. The van der Waals surface area contributed by atoms with Crippen LogP contribution in [0.5, 0.6) is 11.5 Å². The van der Waals surface area contributed by atoms with Crippen LogP contribution in [0, 0.1) is 11.3 Å². The summed E-state index contributed by atoms with van der Waals surface area (Å²) >= 11 is 0. The molecule has 91 heavy (non-hydrogen) atoms. The molecule has 0 bridgehead atoms. The maximum Gasteiger partial charge on any atom is 0.256 e. The van der Waals surface area contributed by atoms with Crippen molar-refractivity contribution in [1.29, 1.82) is 5.26 Å². The minimum atomic E-state index is -0.174. The summed E-state index contributed by atoms with van der Waals surface area (Å²) in [6.45, 7) is 6.64. The number of nitrogens with zero attached hydrogens (tertiary/aromatic N) is 6. The van der Waals surface area contributed by atoms with Gasteiger partial charge < -0.3 is 27.6 Å². The highest BCUT2D eigenvalue weighted by atomic mass is 16.5. The first kappa shape index (κ1) is 50.2. The van der Waals surface area contributed by atoms with Crippen LogP contribution in [-0.2, 0) is 5.41 Å². The first-order valence-electron chi connectivity index (χ1n) is 31.4. The average molecular weight is 1160 g/mol. The van der Waals surface area contributed by atoms with Gasteiger partial charge >= 0.3 is 0 Å². The van der Waals surface area contributed by atoms with Gasteiger partial charge in [0.15, 0.2) is 0 Å². The number of ether oxygens (including phenoxy) is 1. The van der Waals surface area contributed by atoms with E-state index in [1.54, 1.807) is 0 Å². The molecule has 0 atom stereocenters. The van der Waals surface area contributed by atoms with E-state index in [1.165, 1.54) is 87.1 Å². The molecular formula is C83H53BN6O. The topological polar surface area (TPSA) is 57.7 Å². The predicted octanol–water partition coefficient (Wildman–Crippen LogP) is 18.9. The van der Waals surface area contributed by atoms with Crippen molar-refractivity contribution < 1.29 is 4.74 Å². The maximum absolute atomic E-state index is 9.91. The zero-order valence-electron chi connectivity index (χ0n) is 50.1. The van der Waals surface area contributed by atoms with Crippen LogP contribution in [-0.4, -0.2) is 29.5 Å². The van der Waals surface area contributed by atoms with Crippen molar-refractivity contribution in [3.63, 3.8) is 0 Å². The van der Waals surface area contributed by atoms with Crippen LogP contribution in [0.25, 0.3) is 149 Å². The standard InChI is InChI=1S/C83H53BN6O/c1-83(2,3)52-32-36-67-79(42-52)91-80-41-51(50-30-28-49(48-85)29-31-50)40-78-81(80)84(67)68-47-56(89-74-27-15-9-21-62(74)64-44-54(34-38-76(64)89)87-71-24-12-6-18-59(71)60-19-7-13-25-72(60)87)46-66-65-45-55(35-39-77(65)90(78)82(66)68)88-73-26-14-8-20-61(73)63-43-53(33-37-75(63)88)86-69-22-10-4-16-57(69)58-17-5-11-23-70(58)86/h4-47H,1-3H3. The molecule has 20 rings (SSSR count). The third-order valence-corrected chi connectivity index (χ3v) is 20.1. The molecule has 8 heteroatoms. The largest absolute Gasteiger partial charge is 0.458 e. The summed E-state index contributed by atoms with van der Waals surface area (Å²) in [5.41, 5.74) is 24.4. The van der Waals surface area contributed by atoms with Crippen LogP contribution >= 0.6 is 0 Å². The smallest absolute Gasteiger partial charge is 0.256 e. The molecule has 7 heterocycles. The normalized spacial score (nSPS) is 12.8. The molecule has 424 valence electrons. The van der Waals surface area contributed by atoms with E-state index in [0.717, 1.165) is 95.0 Å². The first-order chi connectivity index (χ1) is 44.7. The van der Waals surface area contributed by atoms with Crippen molar-refractivity contribution in [3.05, 3.63) is 278 Å². The Morgan fingerprint density at radius 1 is 0.330 bits per heavy atom. The second-order valence-electron chi connectivity index (χ2n) is 25.9. The fourth-order valence-corrected chi connectivity index (χ4v) is 16.0. The Bertz CT molecular complexity index is 6200. The SMILES string of the molecule is CC(C)(C)c1ccc2c(c1)Oc1cc(-c3ccc(C#N)cc3)cc3c1B2c1cc(-n2c4ccccc4c4cc(-n5c6ccccc6c6ccccc65)ccc42)cc2c4cc(-n5c6ccccc6c6cc(-n7c8ccccc8c8ccccc87)ccc65)ccc4n-3c12. The van der Waals surface area contributed by atoms with Crippen LogP contribution in [0.1, 0.15) is 31.9 Å². The molecule has 0 saturated carbocycles. The van der Waals surface area contributed by atoms with E-state index >= 15 is 0 Å². The zero-order valence-corrected chi connectivity index (χ0v) is 50.1. The van der Waals surface area contributed by atoms with Gasteiger partial charge in [0.1, 0.15) is 11.5 Å². The molecule has 0 unspecified atom stereocenters. The molecule has 2 aliphatic rings. The fraction of sp³-hybridized carbons (Fsp3) is 0.0482. The molecule has 0 radical (unpaired) electrons. The molecule has 13 aromatic carbocycles. The molecule has 5 aromatic heterocycles. The molecule has 7 nitrogen and oxygen atoms in total. The van der Waals surface area contributed by atoms with E-state index in [2.05, 4.69) is 304 Å². The zero-order chi connectivity index (χ0) is 60.1. The molecule has 2 aliphatic heterocycles. The van der Waals surface area contributed by atoms with Crippen LogP contribution in [0.3, 0.4) is 0 Å². The number of nitriles is 1. The monoisotopic (exact) mass is 1160 g/mol. The summed E-state index contributed by atoms with van der Waals surface area (Å²) in [4.78, 5) is 0. The lowest BCUT2D eigenvalue weighted by atomic mass is 9.34. The molecule has 0 fully saturated rings. The van der Waals surface area contributed by atoms with E-state index in [1.807, 2.05) is 12.1 Å². The third-order valence-electron chi connectivity index (χ3n) is 20.1. The minimum Gasteiger partial charge on any atom is -0.458 e. The number of hydrogen-bond donors (Lipinski definition) is 0. The van der Waals surface area contributed by atoms with E-state index in [4.69, 9.17) is 4.74 Å². The van der Waals surface area contributed by atoms with Crippen molar-refractivity contribution in [2.75, 3.05) is 0 Å². The van der Waals surface area contributed by atoms with Gasteiger partial charge in [-0.2, -0.15) is 5.26 Å². The summed E-state index contributed by atoms with van der Waals surface area (Å²) in [6, 6.07) is 101. The van der Waals surface area contributed by atoms with Crippen LogP contribution < -0.4 is 21.1 Å². The first-order valence-corrected chi connectivity index (χ1v) is 31.4. The van der Waals surface area contributed by atoms with E-state index < -0.39 is 0 Å². The number of aromatic nitrogens is 5. The van der Waals surface area contributed by atoms with Crippen LogP contribution in [0.4, 0.5) is 0 Å². The summed E-state index contributed by atoms with van der Waals surface area (Å²) in [6.07, 6.45) is 0. The highest BCUT2D eigenvalue weighted by Gasteiger charge is 2.42. The predicted molar refractivity (Wildman–Crippen MR) is 378 cm³/mol. The Balaban J connectivity index is 0.871. The van der Waals surface area contributed by atoms with Gasteiger partial charge in [0, 0.05) is 87.8 Å². The van der Waals surface area contributed by atoms with Crippen LogP contribution in [0.2, 0.25) is 0 Å². The summed E-state index contributed by atoms with van der Waals surface area (Å²) in [5.74, 6) is 1.71. The fourth-order valence-electron chi connectivity index (χ4n) is 16.0. The van der Waals surface area contributed by atoms with Gasteiger partial charge in [0.25, 0.3) is 6.71 Å². The Morgan fingerprint density at radius 2 is 0.736 bits per heavy atom. The second-order valence-corrected chi connectivity index (χ2v) is 25.9. The van der Waals surface area contributed by atoms with Gasteiger partial charge in [0.2, 0.25) is 0 Å². The lowest BCUT2D eigenvalue weighted by Crippen LogP contribution is -2.58. The quantitative estimate of drug-likeness (QED) is 0.161. The van der Waals surface area contributed by atoms with E-state index in [0.29, 0.717) is 5.56 Å². The van der Waals surface area contributed by atoms with E-state index in [9.17, 15) is 5.26 Å². The highest BCUT2D eigenvalue weighted by molar-refractivity contribution is 6.99. The van der Waals surface area contributed by atoms with Gasteiger partial charge in [-0.05, 0) is 172 Å². The van der Waals surface area contributed by atoms with Gasteiger partial charge in [-0.15, -0.1) is 0 Å². The number of benzene rings is 13. The van der Waals surface area contributed by atoms with Crippen molar-refractivity contribution in [3.8, 4) is 57.1 Å². The van der Waals surface area contributed by atoms with Gasteiger partial charge in [-0.1, -0.05) is 154 Å². The van der Waals surface area contributed by atoms with Gasteiger partial charge in [-0.25, -0.2) is 0 Å². The van der Waals surface area contributed by atoms with Crippen molar-refractivity contribution >= 4 is 132 Å². The summed E-state index contributed by atoms with van der Waals surface area (Å²) < 4.78 is 19.7. The summed E-state index contributed by atoms with van der Waals surface area (Å²) in [7, 11) is 0. The van der Waals surface area contributed by atoms with Gasteiger partial charge in [-0.3, -0.25) is 0 Å². The molecule has 0 aliphatic carbocycles. The highest BCUT2D eigenvalue weighted by Crippen LogP contribution is 2.45. The summed E-state index contributed by atoms with van der Waals surface area (Å²) in [5, 5.41) is 22.0. The number of para-hydroxylation sites is 6. The minimum absolute atomic E-state index is 0.110. The Kier molecular flexibility index (Phi) is 10.0. The van der Waals surface area contributed by atoms with Crippen molar-refractivity contribution in [1.82, 2.24) is 22.8 Å². The molecule has 18 aromatic rings. The number of fused-ring (bicyclic) bond motifs is 19. The molecule has 0 spiro atoms. The average Bonchev–Trinajstić information content (AvgIpc) is 1.59. The molecule has 0 amide bonds. The molecular weight excluding hydrogens is 1110 g/mol. The maximum atomic E-state index is 9.91.